The highest BCUT2D eigenvalue weighted by molar-refractivity contribution is 7.99. The molecule has 0 aromatic rings. The molecule has 8 heteroatoms. The molecule has 0 rings (SSSR count). The number of aliphatic hydroxyl groups is 2. The molecule has 90 valence electrons. The molecular formula is C7H13F3N2O2S. The fourth-order valence-corrected chi connectivity index (χ4v) is 1.85. The summed E-state index contributed by atoms with van der Waals surface area (Å²) in [7, 11) is 0. The van der Waals surface area contributed by atoms with Crippen LogP contribution in [-0.4, -0.2) is 46.4 Å². The summed E-state index contributed by atoms with van der Waals surface area (Å²) in [5.74, 6) is -3.37. The van der Waals surface area contributed by atoms with Gasteiger partial charge in [0.2, 0.25) is 0 Å². The molecule has 2 unspecified atom stereocenters. The number of aliphatic hydroxyl groups excluding tert-OH is 2. The van der Waals surface area contributed by atoms with Gasteiger partial charge in [-0.2, -0.15) is 24.9 Å². The van der Waals surface area contributed by atoms with Crippen LogP contribution in [0.1, 0.15) is 0 Å². The van der Waals surface area contributed by atoms with Crippen molar-refractivity contribution in [3.05, 3.63) is 0 Å². The fourth-order valence-electron chi connectivity index (χ4n) is 0.735. The fraction of sp³-hybridized carbons (Fsp3) is 0.857. The van der Waals surface area contributed by atoms with Crippen molar-refractivity contribution in [1.82, 2.24) is 0 Å². The third-order valence-electron chi connectivity index (χ3n) is 1.58. The van der Waals surface area contributed by atoms with Crippen molar-refractivity contribution in [1.29, 1.82) is 5.41 Å². The second-order valence-corrected chi connectivity index (χ2v) is 4.00. The number of nitrogens with two attached hydrogens (primary N) is 1. The maximum atomic E-state index is 12.2. The van der Waals surface area contributed by atoms with Crippen LogP contribution >= 0.6 is 11.8 Å². The summed E-state index contributed by atoms with van der Waals surface area (Å²) in [6.07, 6.45) is -5.58. The average Bonchev–Trinajstić information content (AvgIpc) is 2.09. The second-order valence-electron chi connectivity index (χ2n) is 2.92. The van der Waals surface area contributed by atoms with E-state index in [-0.39, 0.29) is 5.75 Å². The predicted molar refractivity (Wildman–Crippen MR) is 51.9 cm³/mol. The molecule has 0 aromatic heterocycles. The highest BCUT2D eigenvalue weighted by Crippen LogP contribution is 2.29. The van der Waals surface area contributed by atoms with Gasteiger partial charge in [0.05, 0.1) is 12.7 Å². The largest absolute Gasteiger partial charge is 0.399 e. The van der Waals surface area contributed by atoms with E-state index in [0.29, 0.717) is 0 Å². The Kier molecular flexibility index (Phi) is 5.99. The lowest BCUT2D eigenvalue weighted by Gasteiger charge is -2.18. The zero-order chi connectivity index (χ0) is 12.1. The van der Waals surface area contributed by atoms with Crippen LogP contribution in [-0.2, 0) is 0 Å². The lowest BCUT2D eigenvalue weighted by molar-refractivity contribution is -0.150. The molecule has 2 atom stereocenters. The predicted octanol–water partition coefficient (Wildman–Crippen LogP) is 0.187. The van der Waals surface area contributed by atoms with Crippen LogP contribution in [0.5, 0.6) is 0 Å². The summed E-state index contributed by atoms with van der Waals surface area (Å²) in [5.41, 5.74) is 4.81. The molecule has 0 amide bonds. The van der Waals surface area contributed by atoms with Crippen molar-refractivity contribution >= 4 is 17.6 Å². The van der Waals surface area contributed by atoms with Crippen LogP contribution in [0.3, 0.4) is 0 Å². The third-order valence-corrected chi connectivity index (χ3v) is 2.77. The van der Waals surface area contributed by atoms with Crippen LogP contribution in [0.15, 0.2) is 0 Å². The molecule has 0 aromatic carbocycles. The van der Waals surface area contributed by atoms with E-state index in [1.165, 1.54) is 0 Å². The summed E-state index contributed by atoms with van der Waals surface area (Å²) in [6.45, 7) is -0.496. The number of halogens is 3. The van der Waals surface area contributed by atoms with Crippen LogP contribution in [0.4, 0.5) is 13.2 Å². The highest BCUT2D eigenvalue weighted by Gasteiger charge is 2.41. The third kappa shape index (κ3) is 5.85. The van der Waals surface area contributed by atoms with Crippen molar-refractivity contribution in [2.24, 2.45) is 11.7 Å². The zero-order valence-corrected chi connectivity index (χ0v) is 8.61. The van der Waals surface area contributed by atoms with Crippen molar-refractivity contribution < 1.29 is 23.4 Å². The zero-order valence-electron chi connectivity index (χ0n) is 7.79. The van der Waals surface area contributed by atoms with E-state index in [1.54, 1.807) is 0 Å². The number of hydrogen-bond acceptors (Lipinski definition) is 4. The smallest absolute Gasteiger partial charge is 0.394 e. The molecule has 0 fully saturated rings. The minimum Gasteiger partial charge on any atom is -0.394 e. The van der Waals surface area contributed by atoms with E-state index in [2.05, 4.69) is 0 Å². The average molecular weight is 246 g/mol. The van der Waals surface area contributed by atoms with Gasteiger partial charge in [-0.3, -0.25) is 5.41 Å². The summed E-state index contributed by atoms with van der Waals surface area (Å²) < 4.78 is 36.7. The Morgan fingerprint density at radius 2 is 1.93 bits per heavy atom. The summed E-state index contributed by atoms with van der Waals surface area (Å²) >= 11 is 0.798. The van der Waals surface area contributed by atoms with Crippen molar-refractivity contribution in [3.63, 3.8) is 0 Å². The van der Waals surface area contributed by atoms with Gasteiger partial charge in [-0.15, -0.1) is 0 Å². The monoisotopic (exact) mass is 246 g/mol. The summed E-state index contributed by atoms with van der Waals surface area (Å²) in [5, 5.41) is 24.1. The first kappa shape index (κ1) is 14.5. The van der Waals surface area contributed by atoms with Gasteiger partial charge in [-0.25, -0.2) is 0 Å². The van der Waals surface area contributed by atoms with Crippen molar-refractivity contribution in [2.75, 3.05) is 18.1 Å². The van der Waals surface area contributed by atoms with E-state index in [9.17, 15) is 13.2 Å². The van der Waals surface area contributed by atoms with E-state index >= 15 is 0 Å². The van der Waals surface area contributed by atoms with Crippen LogP contribution < -0.4 is 5.73 Å². The van der Waals surface area contributed by atoms with Crippen LogP contribution in [0, 0.1) is 11.3 Å². The first-order valence-corrected chi connectivity index (χ1v) is 5.21. The molecule has 4 nitrogen and oxygen atoms in total. The maximum absolute atomic E-state index is 12.2. The molecule has 0 aliphatic rings. The van der Waals surface area contributed by atoms with Gasteiger partial charge in [0.1, 0.15) is 11.8 Å². The van der Waals surface area contributed by atoms with E-state index in [0.717, 1.165) is 11.8 Å². The molecule has 0 bridgehead atoms. The second kappa shape index (κ2) is 6.19. The van der Waals surface area contributed by atoms with Crippen molar-refractivity contribution in [2.45, 2.75) is 12.3 Å². The number of nitrogens with one attached hydrogen (secondary N) is 1. The highest BCUT2D eigenvalue weighted by atomic mass is 32.2. The number of amidine groups is 1. The van der Waals surface area contributed by atoms with Gasteiger partial charge in [0, 0.05) is 11.5 Å². The summed E-state index contributed by atoms with van der Waals surface area (Å²) in [6, 6.07) is 0. The van der Waals surface area contributed by atoms with E-state index in [1.807, 2.05) is 0 Å². The molecule has 15 heavy (non-hydrogen) atoms. The first-order valence-electron chi connectivity index (χ1n) is 4.06. The van der Waals surface area contributed by atoms with Gasteiger partial charge in [0.15, 0.2) is 0 Å². The lowest BCUT2D eigenvalue weighted by Crippen LogP contribution is -2.37. The summed E-state index contributed by atoms with van der Waals surface area (Å²) in [4.78, 5) is 0. The standard InChI is InChI=1S/C7H13F3N2O2S/c8-7(9,10)5(6(11)12)3-15-2-4(14)1-13/h4-5,13-14H,1-3H2,(H3,11,12). The van der Waals surface area contributed by atoms with Gasteiger partial charge in [-0.1, -0.05) is 0 Å². The Bertz CT molecular complexity index is 213. The number of rotatable bonds is 6. The Hall–Kier alpha value is -0.470. The molecule has 0 saturated carbocycles. The minimum absolute atomic E-state index is 0.0175. The Labute approximate surface area is 89.2 Å². The molecular weight excluding hydrogens is 233 g/mol. The first-order chi connectivity index (χ1) is 6.79. The number of alkyl halides is 3. The van der Waals surface area contributed by atoms with Gasteiger partial charge in [0.25, 0.3) is 0 Å². The van der Waals surface area contributed by atoms with Gasteiger partial charge >= 0.3 is 6.18 Å². The van der Waals surface area contributed by atoms with E-state index < -0.39 is 36.4 Å². The lowest BCUT2D eigenvalue weighted by atomic mass is 10.1. The van der Waals surface area contributed by atoms with Gasteiger partial charge < -0.3 is 15.9 Å². The quantitative estimate of drug-likeness (QED) is 0.398. The van der Waals surface area contributed by atoms with Crippen LogP contribution in [0.2, 0.25) is 0 Å². The molecule has 0 spiro atoms. The Balaban J connectivity index is 4.05. The maximum Gasteiger partial charge on any atom is 0.399 e. The molecule has 0 aliphatic carbocycles. The van der Waals surface area contributed by atoms with Crippen molar-refractivity contribution in [3.8, 4) is 0 Å². The molecule has 0 saturated heterocycles. The number of thioether (sulfide) groups is 1. The molecule has 0 aliphatic heterocycles. The molecule has 0 radical (unpaired) electrons. The molecule has 0 heterocycles. The SMILES string of the molecule is N=C(N)C(CSCC(O)CO)C(F)(F)F. The normalized spacial score (nSPS) is 16.1. The number of hydrogen-bond donors (Lipinski definition) is 4. The molecule has 5 N–H and O–H groups in total. The minimum atomic E-state index is -4.54. The van der Waals surface area contributed by atoms with E-state index in [4.69, 9.17) is 21.4 Å². The van der Waals surface area contributed by atoms with Crippen LogP contribution in [0.25, 0.3) is 0 Å². The Morgan fingerprint density at radius 1 is 1.40 bits per heavy atom. The Morgan fingerprint density at radius 3 is 2.27 bits per heavy atom. The van der Waals surface area contributed by atoms with Gasteiger partial charge in [-0.05, 0) is 0 Å². The topological polar surface area (TPSA) is 90.3 Å².